The van der Waals surface area contributed by atoms with Crippen molar-refractivity contribution in [2.45, 2.75) is 19.0 Å². The Bertz CT molecular complexity index is 979. The van der Waals surface area contributed by atoms with Gasteiger partial charge in [0.2, 0.25) is 11.8 Å². The Labute approximate surface area is 151 Å². The second kappa shape index (κ2) is 6.80. The molecule has 4 rings (SSSR count). The molecule has 0 radical (unpaired) electrons. The van der Waals surface area contributed by atoms with Gasteiger partial charge in [-0.05, 0) is 6.07 Å². The average Bonchev–Trinajstić information content (AvgIpc) is 3.04. The van der Waals surface area contributed by atoms with Gasteiger partial charge in [-0.15, -0.1) is 0 Å². The minimum atomic E-state index is -0.469. The van der Waals surface area contributed by atoms with Gasteiger partial charge in [0.15, 0.2) is 0 Å². The Hall–Kier alpha value is -2.86. The van der Waals surface area contributed by atoms with Gasteiger partial charge in [-0.25, -0.2) is 0 Å². The molecular formula is C20H21N3O3. The molecule has 1 atom stereocenters. The Morgan fingerprint density at radius 3 is 2.88 bits per heavy atom. The number of fused-ring (bicyclic) bond motifs is 3. The van der Waals surface area contributed by atoms with Crippen LogP contribution in [0.2, 0.25) is 0 Å². The lowest BCUT2D eigenvalue weighted by atomic mass is 10.0. The number of nitrogens with zero attached hydrogens (tertiary/aromatic N) is 1. The first-order valence-electron chi connectivity index (χ1n) is 8.79. The Morgan fingerprint density at radius 1 is 1.23 bits per heavy atom. The lowest BCUT2D eigenvalue weighted by Crippen LogP contribution is -2.56. The van der Waals surface area contributed by atoms with Crippen LogP contribution >= 0.6 is 0 Å². The number of rotatable bonds is 4. The van der Waals surface area contributed by atoms with Gasteiger partial charge in [0, 0.05) is 43.0 Å². The molecule has 134 valence electrons. The molecule has 6 heteroatoms. The quantitative estimate of drug-likeness (QED) is 0.754. The molecule has 3 aromatic rings. The molecule has 1 unspecified atom stereocenters. The van der Waals surface area contributed by atoms with E-state index in [-0.39, 0.29) is 18.2 Å². The third-order valence-electron chi connectivity index (χ3n) is 4.96. The van der Waals surface area contributed by atoms with E-state index in [1.807, 2.05) is 36.4 Å². The van der Waals surface area contributed by atoms with E-state index < -0.39 is 6.04 Å². The summed E-state index contributed by atoms with van der Waals surface area (Å²) >= 11 is 0. The van der Waals surface area contributed by atoms with Gasteiger partial charge in [0.25, 0.3) is 0 Å². The third kappa shape index (κ3) is 2.93. The summed E-state index contributed by atoms with van der Waals surface area (Å²) in [5.41, 5.74) is 2.72. The monoisotopic (exact) mass is 351 g/mol. The van der Waals surface area contributed by atoms with Crippen LogP contribution in [0.3, 0.4) is 0 Å². The molecular weight excluding hydrogens is 330 g/mol. The number of carbonyl (C=O) groups excluding carboxylic acids is 2. The molecule has 2 heterocycles. The van der Waals surface area contributed by atoms with E-state index in [1.54, 1.807) is 7.05 Å². The van der Waals surface area contributed by atoms with Crippen LogP contribution in [0.25, 0.3) is 21.9 Å². The zero-order valence-corrected chi connectivity index (χ0v) is 14.6. The van der Waals surface area contributed by atoms with E-state index in [4.69, 9.17) is 4.42 Å². The summed E-state index contributed by atoms with van der Waals surface area (Å²) in [4.78, 5) is 26.2. The predicted octanol–water partition coefficient (Wildman–Crippen LogP) is 2.02. The maximum atomic E-state index is 12.3. The summed E-state index contributed by atoms with van der Waals surface area (Å²) in [6.45, 7) is 1.84. The predicted molar refractivity (Wildman–Crippen MR) is 99.6 cm³/mol. The minimum Gasteiger partial charge on any atom is -0.456 e. The number of amides is 2. The number of furan rings is 1. The van der Waals surface area contributed by atoms with Gasteiger partial charge in [-0.1, -0.05) is 36.4 Å². The number of hydrogen-bond donors (Lipinski definition) is 2. The summed E-state index contributed by atoms with van der Waals surface area (Å²) < 4.78 is 6.08. The fourth-order valence-corrected chi connectivity index (χ4v) is 3.60. The lowest BCUT2D eigenvalue weighted by Gasteiger charge is -2.34. The molecule has 0 spiro atoms. The average molecular weight is 351 g/mol. The standard InChI is InChI=1S/C20H21N3O3/c1-21-18(24)11-16-20(25)22-9-10-23(16)12-13-5-4-7-15-14-6-2-3-8-17(14)26-19(13)15/h2-8,16H,9-12H2,1H3,(H,21,24)(H,22,25). The van der Waals surface area contributed by atoms with Gasteiger partial charge in [0.1, 0.15) is 11.2 Å². The second-order valence-electron chi connectivity index (χ2n) is 6.55. The lowest BCUT2D eigenvalue weighted by molar-refractivity contribution is -0.134. The highest BCUT2D eigenvalue weighted by Gasteiger charge is 2.31. The first-order valence-corrected chi connectivity index (χ1v) is 8.79. The molecule has 1 aliphatic rings. The fourth-order valence-electron chi connectivity index (χ4n) is 3.60. The SMILES string of the molecule is CNC(=O)CC1C(=O)NCCN1Cc1cccc2c1oc1ccccc12. The van der Waals surface area contributed by atoms with Crippen molar-refractivity contribution in [2.24, 2.45) is 0 Å². The summed E-state index contributed by atoms with van der Waals surface area (Å²) in [6, 6.07) is 13.6. The fraction of sp³-hybridized carbons (Fsp3) is 0.300. The zero-order valence-electron chi connectivity index (χ0n) is 14.6. The number of para-hydroxylation sites is 2. The van der Waals surface area contributed by atoms with E-state index in [9.17, 15) is 9.59 Å². The van der Waals surface area contributed by atoms with Crippen molar-refractivity contribution in [1.82, 2.24) is 15.5 Å². The summed E-state index contributed by atoms with van der Waals surface area (Å²) in [7, 11) is 1.59. The summed E-state index contributed by atoms with van der Waals surface area (Å²) in [6.07, 6.45) is 0.151. The minimum absolute atomic E-state index is 0.100. The Morgan fingerprint density at radius 2 is 2.04 bits per heavy atom. The van der Waals surface area contributed by atoms with E-state index in [1.165, 1.54) is 0 Å². The molecule has 1 fully saturated rings. The van der Waals surface area contributed by atoms with E-state index in [2.05, 4.69) is 21.6 Å². The first kappa shape index (κ1) is 16.6. The molecule has 1 saturated heterocycles. The van der Waals surface area contributed by atoms with Crippen molar-refractivity contribution in [3.63, 3.8) is 0 Å². The third-order valence-corrected chi connectivity index (χ3v) is 4.96. The Kier molecular flexibility index (Phi) is 4.34. The zero-order chi connectivity index (χ0) is 18.1. The van der Waals surface area contributed by atoms with Gasteiger partial charge in [-0.3, -0.25) is 14.5 Å². The molecule has 0 aliphatic carbocycles. The number of benzene rings is 2. The van der Waals surface area contributed by atoms with Crippen molar-refractivity contribution in [1.29, 1.82) is 0 Å². The van der Waals surface area contributed by atoms with Gasteiger partial charge >= 0.3 is 0 Å². The maximum Gasteiger partial charge on any atom is 0.237 e. The largest absolute Gasteiger partial charge is 0.456 e. The van der Waals surface area contributed by atoms with Crippen LogP contribution in [0.15, 0.2) is 46.9 Å². The number of hydrogen-bond acceptors (Lipinski definition) is 4. The maximum absolute atomic E-state index is 12.3. The highest BCUT2D eigenvalue weighted by atomic mass is 16.3. The van der Waals surface area contributed by atoms with Crippen molar-refractivity contribution in [2.75, 3.05) is 20.1 Å². The topological polar surface area (TPSA) is 74.6 Å². The first-order chi connectivity index (χ1) is 12.7. The molecule has 0 bridgehead atoms. The van der Waals surface area contributed by atoms with Gasteiger partial charge in [-0.2, -0.15) is 0 Å². The highest BCUT2D eigenvalue weighted by molar-refractivity contribution is 6.05. The molecule has 0 saturated carbocycles. The molecule has 1 aromatic heterocycles. The highest BCUT2D eigenvalue weighted by Crippen LogP contribution is 2.31. The van der Waals surface area contributed by atoms with Crippen LogP contribution < -0.4 is 10.6 Å². The van der Waals surface area contributed by atoms with Crippen molar-refractivity contribution >= 4 is 33.8 Å². The number of piperazine rings is 1. The summed E-state index contributed by atoms with van der Waals surface area (Å²) in [5.74, 6) is -0.240. The van der Waals surface area contributed by atoms with Gasteiger partial charge in [0.05, 0.1) is 12.5 Å². The molecule has 2 N–H and O–H groups in total. The smallest absolute Gasteiger partial charge is 0.237 e. The van der Waals surface area contributed by atoms with Crippen molar-refractivity contribution in [3.05, 3.63) is 48.0 Å². The molecule has 26 heavy (non-hydrogen) atoms. The van der Waals surface area contributed by atoms with Crippen LogP contribution in [-0.2, 0) is 16.1 Å². The normalized spacial score (nSPS) is 18.2. The van der Waals surface area contributed by atoms with Crippen LogP contribution in [0.5, 0.6) is 0 Å². The van der Waals surface area contributed by atoms with Crippen LogP contribution in [0.1, 0.15) is 12.0 Å². The van der Waals surface area contributed by atoms with Gasteiger partial charge < -0.3 is 15.1 Å². The molecule has 1 aliphatic heterocycles. The van der Waals surface area contributed by atoms with Crippen molar-refractivity contribution in [3.8, 4) is 0 Å². The summed E-state index contributed by atoms with van der Waals surface area (Å²) in [5, 5.41) is 7.61. The second-order valence-corrected chi connectivity index (χ2v) is 6.55. The van der Waals surface area contributed by atoms with Crippen LogP contribution in [-0.4, -0.2) is 42.9 Å². The van der Waals surface area contributed by atoms with Crippen LogP contribution in [0.4, 0.5) is 0 Å². The van der Waals surface area contributed by atoms with E-state index >= 15 is 0 Å². The van der Waals surface area contributed by atoms with Crippen molar-refractivity contribution < 1.29 is 14.0 Å². The number of carbonyl (C=O) groups is 2. The van der Waals surface area contributed by atoms with Crippen LogP contribution in [0, 0.1) is 0 Å². The van der Waals surface area contributed by atoms with E-state index in [0.717, 1.165) is 27.5 Å². The molecule has 2 amide bonds. The Balaban J connectivity index is 1.69. The van der Waals surface area contributed by atoms with E-state index in [0.29, 0.717) is 19.6 Å². The number of nitrogens with one attached hydrogen (secondary N) is 2. The molecule has 2 aromatic carbocycles. The molecule has 6 nitrogen and oxygen atoms in total.